The van der Waals surface area contributed by atoms with E-state index in [1.807, 2.05) is 0 Å². The fourth-order valence-electron chi connectivity index (χ4n) is 1.12. The molecule has 0 spiro atoms. The van der Waals surface area contributed by atoms with Crippen LogP contribution in [-0.2, 0) is 0 Å². The maximum absolute atomic E-state index is 10.5. The van der Waals surface area contributed by atoms with Gasteiger partial charge in [-0.25, -0.2) is 0 Å². The second kappa shape index (κ2) is 6.60. The maximum Gasteiger partial charge on any atom is 0.271 e. The molecule has 0 radical (unpaired) electrons. The van der Waals surface area contributed by atoms with Gasteiger partial charge in [0.15, 0.2) is 0 Å². The number of benzene rings is 1. The molecular formula is C10H12ClNO3S. The van der Waals surface area contributed by atoms with Gasteiger partial charge in [-0.05, 0) is 24.7 Å². The van der Waals surface area contributed by atoms with Gasteiger partial charge in [-0.2, -0.15) is 12.6 Å². The Balaban J connectivity index is 2.57. The topological polar surface area (TPSA) is 52.4 Å². The molecule has 4 nitrogen and oxygen atoms in total. The van der Waals surface area contributed by atoms with E-state index in [0.717, 1.165) is 18.6 Å². The van der Waals surface area contributed by atoms with Gasteiger partial charge < -0.3 is 4.74 Å². The molecular weight excluding hydrogens is 250 g/mol. The number of unbranched alkanes of at least 4 members (excludes halogenated alkanes) is 1. The Labute approximate surface area is 104 Å². The van der Waals surface area contributed by atoms with Crippen LogP contribution in [0.15, 0.2) is 18.2 Å². The van der Waals surface area contributed by atoms with Crippen LogP contribution in [0.25, 0.3) is 0 Å². The van der Waals surface area contributed by atoms with E-state index >= 15 is 0 Å². The number of rotatable bonds is 6. The van der Waals surface area contributed by atoms with Gasteiger partial charge in [-0.15, -0.1) is 0 Å². The minimum Gasteiger partial charge on any atom is -0.492 e. The Hall–Kier alpha value is -0.940. The summed E-state index contributed by atoms with van der Waals surface area (Å²) < 4.78 is 5.39. The lowest BCUT2D eigenvalue weighted by Gasteiger charge is -2.06. The third-order valence-electron chi connectivity index (χ3n) is 1.94. The predicted octanol–water partition coefficient (Wildman–Crippen LogP) is 3.34. The van der Waals surface area contributed by atoms with Crippen LogP contribution in [0.4, 0.5) is 5.69 Å². The van der Waals surface area contributed by atoms with Crippen molar-refractivity contribution in [2.45, 2.75) is 12.8 Å². The first-order chi connectivity index (χ1) is 7.65. The summed E-state index contributed by atoms with van der Waals surface area (Å²) in [5, 5.41) is 10.7. The molecule has 0 saturated carbocycles. The normalized spacial score (nSPS) is 10.1. The van der Waals surface area contributed by atoms with Gasteiger partial charge >= 0.3 is 0 Å². The van der Waals surface area contributed by atoms with E-state index in [2.05, 4.69) is 12.6 Å². The molecule has 0 heterocycles. The number of ether oxygens (including phenoxy) is 1. The van der Waals surface area contributed by atoms with Crippen molar-refractivity contribution >= 4 is 29.9 Å². The summed E-state index contributed by atoms with van der Waals surface area (Å²) in [6, 6.07) is 4.18. The summed E-state index contributed by atoms with van der Waals surface area (Å²) >= 11 is 9.92. The van der Waals surface area contributed by atoms with E-state index < -0.39 is 4.92 Å². The first-order valence-corrected chi connectivity index (χ1v) is 5.84. The van der Waals surface area contributed by atoms with E-state index in [1.54, 1.807) is 0 Å². The van der Waals surface area contributed by atoms with Crippen molar-refractivity contribution in [3.63, 3.8) is 0 Å². The summed E-state index contributed by atoms with van der Waals surface area (Å²) in [6.07, 6.45) is 1.85. The van der Waals surface area contributed by atoms with Crippen molar-refractivity contribution in [2.24, 2.45) is 0 Å². The molecule has 0 aromatic heterocycles. The molecule has 0 aliphatic heterocycles. The number of nitrogens with zero attached hydrogens (tertiary/aromatic N) is 1. The number of non-ortho nitro benzene ring substituents is 1. The zero-order valence-corrected chi connectivity index (χ0v) is 10.2. The highest BCUT2D eigenvalue weighted by Crippen LogP contribution is 2.28. The highest BCUT2D eigenvalue weighted by atomic mass is 35.5. The standard InChI is InChI=1S/C10H12ClNO3S/c11-9-7-8(12(13)14)3-4-10(9)15-5-1-2-6-16/h3-4,7,16H,1-2,5-6H2. The maximum atomic E-state index is 10.5. The minimum atomic E-state index is -0.490. The highest BCUT2D eigenvalue weighted by Gasteiger charge is 2.09. The van der Waals surface area contributed by atoms with Crippen molar-refractivity contribution in [3.05, 3.63) is 33.3 Å². The van der Waals surface area contributed by atoms with Crippen LogP contribution >= 0.6 is 24.2 Å². The largest absolute Gasteiger partial charge is 0.492 e. The molecule has 88 valence electrons. The average Bonchev–Trinajstić information content (AvgIpc) is 2.26. The van der Waals surface area contributed by atoms with Gasteiger partial charge in [0.1, 0.15) is 5.75 Å². The number of halogens is 1. The van der Waals surface area contributed by atoms with E-state index in [0.29, 0.717) is 12.4 Å². The summed E-state index contributed by atoms with van der Waals surface area (Å²) in [6.45, 7) is 0.540. The molecule has 0 bridgehead atoms. The molecule has 0 saturated heterocycles. The smallest absolute Gasteiger partial charge is 0.271 e. The lowest BCUT2D eigenvalue weighted by molar-refractivity contribution is -0.384. The number of hydrogen-bond acceptors (Lipinski definition) is 4. The summed E-state index contributed by atoms with van der Waals surface area (Å²) in [7, 11) is 0. The average molecular weight is 262 g/mol. The monoisotopic (exact) mass is 261 g/mol. The van der Waals surface area contributed by atoms with E-state index in [4.69, 9.17) is 16.3 Å². The number of nitro groups is 1. The third kappa shape index (κ3) is 3.90. The SMILES string of the molecule is O=[N+]([O-])c1ccc(OCCCCS)c(Cl)c1. The van der Waals surface area contributed by atoms with E-state index in [-0.39, 0.29) is 10.7 Å². The molecule has 0 atom stereocenters. The first-order valence-electron chi connectivity index (χ1n) is 4.82. The number of hydrogen-bond donors (Lipinski definition) is 1. The minimum absolute atomic E-state index is 0.0345. The van der Waals surface area contributed by atoms with Gasteiger partial charge in [0.2, 0.25) is 0 Å². The van der Waals surface area contributed by atoms with E-state index in [1.165, 1.54) is 18.2 Å². The summed E-state index contributed by atoms with van der Waals surface area (Å²) in [4.78, 5) is 9.97. The van der Waals surface area contributed by atoms with Gasteiger partial charge in [0.25, 0.3) is 5.69 Å². The van der Waals surface area contributed by atoms with Crippen LogP contribution in [0.3, 0.4) is 0 Å². The van der Waals surface area contributed by atoms with Crippen molar-refractivity contribution in [3.8, 4) is 5.75 Å². The van der Waals surface area contributed by atoms with Gasteiger partial charge in [0.05, 0.1) is 16.6 Å². The molecule has 1 rings (SSSR count). The van der Waals surface area contributed by atoms with E-state index in [9.17, 15) is 10.1 Å². The molecule has 0 aliphatic carbocycles. The van der Waals surface area contributed by atoms with Gasteiger partial charge in [-0.3, -0.25) is 10.1 Å². The Morgan fingerprint density at radius 2 is 2.19 bits per heavy atom. The molecule has 0 unspecified atom stereocenters. The lowest BCUT2D eigenvalue weighted by atomic mass is 10.3. The van der Waals surface area contributed by atoms with Crippen LogP contribution in [0.1, 0.15) is 12.8 Å². The first kappa shape index (κ1) is 13.1. The van der Waals surface area contributed by atoms with Crippen molar-refractivity contribution in [1.82, 2.24) is 0 Å². The van der Waals surface area contributed by atoms with Crippen LogP contribution in [0, 0.1) is 10.1 Å². The van der Waals surface area contributed by atoms with Crippen LogP contribution in [-0.4, -0.2) is 17.3 Å². The molecule has 1 aromatic carbocycles. The Bertz CT molecular complexity index is 373. The molecule has 0 aliphatic rings. The summed E-state index contributed by atoms with van der Waals surface area (Å²) in [5.74, 6) is 1.29. The third-order valence-corrected chi connectivity index (χ3v) is 2.55. The zero-order valence-electron chi connectivity index (χ0n) is 8.56. The Morgan fingerprint density at radius 3 is 2.75 bits per heavy atom. The van der Waals surface area contributed by atoms with Gasteiger partial charge in [0, 0.05) is 12.1 Å². The number of thiol groups is 1. The Morgan fingerprint density at radius 1 is 1.44 bits per heavy atom. The van der Waals surface area contributed by atoms with Gasteiger partial charge in [-0.1, -0.05) is 11.6 Å². The Kier molecular flexibility index (Phi) is 5.42. The van der Waals surface area contributed by atoms with Crippen molar-refractivity contribution in [2.75, 3.05) is 12.4 Å². The van der Waals surface area contributed by atoms with Crippen molar-refractivity contribution < 1.29 is 9.66 Å². The van der Waals surface area contributed by atoms with Crippen molar-refractivity contribution in [1.29, 1.82) is 0 Å². The number of nitro benzene ring substituents is 1. The second-order valence-corrected chi connectivity index (χ2v) is 4.01. The molecule has 6 heteroatoms. The lowest BCUT2D eigenvalue weighted by Crippen LogP contribution is -1.98. The molecule has 0 fully saturated rings. The predicted molar refractivity (Wildman–Crippen MR) is 66.7 cm³/mol. The molecule has 1 aromatic rings. The second-order valence-electron chi connectivity index (χ2n) is 3.15. The summed E-state index contributed by atoms with van der Waals surface area (Å²) in [5.41, 5.74) is -0.0345. The van der Waals surface area contributed by atoms with Crippen LogP contribution in [0.5, 0.6) is 5.75 Å². The zero-order chi connectivity index (χ0) is 12.0. The molecule has 0 amide bonds. The molecule has 0 N–H and O–H groups in total. The highest BCUT2D eigenvalue weighted by molar-refractivity contribution is 7.80. The van der Waals surface area contributed by atoms with Crippen LogP contribution < -0.4 is 4.74 Å². The fourth-order valence-corrected chi connectivity index (χ4v) is 1.57. The molecule has 16 heavy (non-hydrogen) atoms. The fraction of sp³-hybridized carbons (Fsp3) is 0.400. The van der Waals surface area contributed by atoms with Crippen LogP contribution in [0.2, 0.25) is 5.02 Å². The quantitative estimate of drug-likeness (QED) is 0.370.